The lowest BCUT2D eigenvalue weighted by atomic mass is 10.3. The maximum atomic E-state index is 6.16. The molecule has 0 atom stereocenters. The van der Waals surface area contributed by atoms with Crippen molar-refractivity contribution >= 4 is 22.6 Å². The van der Waals surface area contributed by atoms with Crippen LogP contribution >= 0.6 is 11.6 Å². The topological polar surface area (TPSA) is 46.5 Å². The molecular weight excluding hydrogens is 224 g/mol. The molecule has 3 aromatic rings. The molecule has 0 aliphatic carbocycles. The third-order valence-electron chi connectivity index (χ3n) is 2.54. The highest BCUT2D eigenvalue weighted by molar-refractivity contribution is 6.32. The Morgan fingerprint density at radius 3 is 2.88 bits per heavy atom. The molecule has 5 heteroatoms. The Bertz CT molecular complexity index is 653. The van der Waals surface area contributed by atoms with E-state index in [2.05, 4.69) is 15.2 Å². The highest BCUT2D eigenvalue weighted by Crippen LogP contribution is 2.24. The summed E-state index contributed by atoms with van der Waals surface area (Å²) in [7, 11) is 0. The number of benzene rings is 1. The first-order valence-corrected chi connectivity index (χ1v) is 5.28. The molecule has 0 fully saturated rings. The van der Waals surface area contributed by atoms with Crippen LogP contribution in [0.15, 0.2) is 30.6 Å². The number of imidazole rings is 1. The highest BCUT2D eigenvalue weighted by atomic mass is 35.5. The molecule has 0 saturated heterocycles. The van der Waals surface area contributed by atoms with Crippen molar-refractivity contribution in [3.05, 3.63) is 41.3 Å². The molecule has 1 aromatic carbocycles. The van der Waals surface area contributed by atoms with Crippen LogP contribution in [-0.2, 0) is 0 Å². The van der Waals surface area contributed by atoms with Gasteiger partial charge in [-0.1, -0.05) is 23.7 Å². The van der Waals surface area contributed by atoms with Gasteiger partial charge in [-0.05, 0) is 19.1 Å². The molecule has 2 heterocycles. The van der Waals surface area contributed by atoms with Crippen LogP contribution in [0.4, 0.5) is 0 Å². The maximum Gasteiger partial charge on any atom is 0.179 e. The molecular formula is C11H9ClN4. The minimum absolute atomic E-state index is 0.628. The number of H-pyrrole nitrogens is 1. The molecule has 0 bridgehead atoms. The van der Waals surface area contributed by atoms with Gasteiger partial charge in [0.05, 0.1) is 16.7 Å². The van der Waals surface area contributed by atoms with Gasteiger partial charge in [0.15, 0.2) is 5.82 Å². The number of halogens is 1. The molecule has 0 radical (unpaired) electrons. The van der Waals surface area contributed by atoms with Gasteiger partial charge in [-0.2, -0.15) is 5.10 Å². The molecule has 80 valence electrons. The van der Waals surface area contributed by atoms with Crippen molar-refractivity contribution in [1.82, 2.24) is 19.7 Å². The fourth-order valence-electron chi connectivity index (χ4n) is 1.69. The Morgan fingerprint density at radius 1 is 1.31 bits per heavy atom. The van der Waals surface area contributed by atoms with Crippen molar-refractivity contribution in [2.75, 3.05) is 0 Å². The van der Waals surface area contributed by atoms with Gasteiger partial charge in [0.1, 0.15) is 11.3 Å². The summed E-state index contributed by atoms with van der Waals surface area (Å²) in [6.07, 6.45) is 1.73. The zero-order valence-electron chi connectivity index (χ0n) is 8.61. The van der Waals surface area contributed by atoms with Crippen LogP contribution in [-0.4, -0.2) is 19.7 Å². The molecule has 0 spiro atoms. The van der Waals surface area contributed by atoms with Gasteiger partial charge >= 0.3 is 0 Å². The molecule has 0 saturated carbocycles. The van der Waals surface area contributed by atoms with E-state index < -0.39 is 0 Å². The number of aromatic amines is 1. The van der Waals surface area contributed by atoms with Gasteiger partial charge in [0.2, 0.25) is 0 Å². The zero-order valence-corrected chi connectivity index (χ0v) is 9.36. The molecule has 0 amide bonds. The average Bonchev–Trinajstić information content (AvgIpc) is 2.85. The quantitative estimate of drug-likeness (QED) is 0.701. The largest absolute Gasteiger partial charge is 0.280 e. The Kier molecular flexibility index (Phi) is 1.97. The lowest BCUT2D eigenvalue weighted by Crippen LogP contribution is -1.92. The summed E-state index contributed by atoms with van der Waals surface area (Å²) < 4.78 is 1.88. The second kappa shape index (κ2) is 3.35. The third-order valence-corrected chi connectivity index (χ3v) is 2.99. The summed E-state index contributed by atoms with van der Waals surface area (Å²) in [5, 5.41) is 7.66. The Morgan fingerprint density at radius 2 is 2.12 bits per heavy atom. The van der Waals surface area contributed by atoms with E-state index in [1.54, 1.807) is 6.33 Å². The number of aromatic nitrogens is 4. The van der Waals surface area contributed by atoms with E-state index in [-0.39, 0.29) is 0 Å². The van der Waals surface area contributed by atoms with E-state index in [9.17, 15) is 0 Å². The minimum Gasteiger partial charge on any atom is -0.280 e. The van der Waals surface area contributed by atoms with Crippen LogP contribution in [0.5, 0.6) is 0 Å². The minimum atomic E-state index is 0.628. The predicted octanol–water partition coefficient (Wildman–Crippen LogP) is 2.71. The van der Waals surface area contributed by atoms with Crippen molar-refractivity contribution in [2.24, 2.45) is 0 Å². The number of hydrogen-bond donors (Lipinski definition) is 1. The summed E-state index contributed by atoms with van der Waals surface area (Å²) in [5.74, 6) is 0.688. The smallest absolute Gasteiger partial charge is 0.179 e. The number of rotatable bonds is 1. The van der Waals surface area contributed by atoms with Crippen molar-refractivity contribution in [3.63, 3.8) is 0 Å². The normalized spacial score (nSPS) is 11.1. The van der Waals surface area contributed by atoms with Crippen LogP contribution in [0.2, 0.25) is 5.02 Å². The SMILES string of the molecule is Cc1[nH]nc(-n2cnc3ccccc32)c1Cl. The first-order valence-electron chi connectivity index (χ1n) is 4.90. The van der Waals surface area contributed by atoms with Crippen LogP contribution in [0.3, 0.4) is 0 Å². The summed E-state index contributed by atoms with van der Waals surface area (Å²) >= 11 is 6.16. The van der Waals surface area contributed by atoms with E-state index in [4.69, 9.17) is 11.6 Å². The first kappa shape index (κ1) is 9.42. The summed E-state index contributed by atoms with van der Waals surface area (Å²) in [6.45, 7) is 1.89. The van der Waals surface area contributed by atoms with Gasteiger partial charge in [0.25, 0.3) is 0 Å². The van der Waals surface area contributed by atoms with Gasteiger partial charge in [-0.25, -0.2) is 4.98 Å². The van der Waals surface area contributed by atoms with E-state index in [1.165, 1.54) is 0 Å². The van der Waals surface area contributed by atoms with Crippen LogP contribution in [0.25, 0.3) is 16.9 Å². The third kappa shape index (κ3) is 1.23. The van der Waals surface area contributed by atoms with E-state index >= 15 is 0 Å². The van der Waals surface area contributed by atoms with Gasteiger partial charge in [0, 0.05) is 0 Å². The number of aryl methyl sites for hydroxylation is 1. The molecule has 1 N–H and O–H groups in total. The van der Waals surface area contributed by atoms with Gasteiger partial charge in [-0.15, -0.1) is 0 Å². The molecule has 0 unspecified atom stereocenters. The number of fused-ring (bicyclic) bond motifs is 1. The number of nitrogens with one attached hydrogen (secondary N) is 1. The molecule has 0 aliphatic heterocycles. The number of hydrogen-bond acceptors (Lipinski definition) is 2. The number of para-hydroxylation sites is 2. The van der Waals surface area contributed by atoms with E-state index in [0.717, 1.165) is 16.7 Å². The van der Waals surface area contributed by atoms with E-state index in [1.807, 2.05) is 35.8 Å². The Balaban J connectivity index is 2.30. The molecule has 3 rings (SSSR count). The van der Waals surface area contributed by atoms with Crippen molar-refractivity contribution in [1.29, 1.82) is 0 Å². The Labute approximate surface area is 96.9 Å². The lowest BCUT2D eigenvalue weighted by molar-refractivity contribution is 0.965. The second-order valence-electron chi connectivity index (χ2n) is 3.59. The standard InChI is InChI=1S/C11H9ClN4/c1-7-10(12)11(15-14-7)16-6-13-8-4-2-3-5-9(8)16/h2-6H,1H3,(H,14,15). The van der Waals surface area contributed by atoms with Crippen LogP contribution < -0.4 is 0 Å². The molecule has 2 aromatic heterocycles. The van der Waals surface area contributed by atoms with E-state index in [0.29, 0.717) is 10.8 Å². The summed E-state index contributed by atoms with van der Waals surface area (Å²) in [4.78, 5) is 4.30. The van der Waals surface area contributed by atoms with Crippen molar-refractivity contribution < 1.29 is 0 Å². The maximum absolute atomic E-state index is 6.16. The summed E-state index contributed by atoms with van der Waals surface area (Å²) in [5.41, 5.74) is 2.78. The van der Waals surface area contributed by atoms with Crippen LogP contribution in [0, 0.1) is 6.92 Å². The Hall–Kier alpha value is -1.81. The van der Waals surface area contributed by atoms with Crippen molar-refractivity contribution in [2.45, 2.75) is 6.92 Å². The monoisotopic (exact) mass is 232 g/mol. The molecule has 16 heavy (non-hydrogen) atoms. The number of nitrogens with zero attached hydrogens (tertiary/aromatic N) is 3. The lowest BCUT2D eigenvalue weighted by Gasteiger charge is -1.99. The first-order chi connectivity index (χ1) is 7.77. The fraction of sp³-hybridized carbons (Fsp3) is 0.0909. The van der Waals surface area contributed by atoms with Crippen LogP contribution in [0.1, 0.15) is 5.69 Å². The molecule has 0 aliphatic rings. The second-order valence-corrected chi connectivity index (χ2v) is 3.97. The van der Waals surface area contributed by atoms with Gasteiger partial charge < -0.3 is 0 Å². The zero-order chi connectivity index (χ0) is 11.1. The highest BCUT2D eigenvalue weighted by Gasteiger charge is 2.12. The average molecular weight is 233 g/mol. The molecule has 4 nitrogen and oxygen atoms in total. The summed E-state index contributed by atoms with van der Waals surface area (Å²) in [6, 6.07) is 7.87. The van der Waals surface area contributed by atoms with Gasteiger partial charge in [-0.3, -0.25) is 9.67 Å². The fourth-order valence-corrected chi connectivity index (χ4v) is 1.87. The predicted molar refractivity (Wildman–Crippen MR) is 63.0 cm³/mol. The van der Waals surface area contributed by atoms with Crippen molar-refractivity contribution in [3.8, 4) is 5.82 Å².